The van der Waals surface area contributed by atoms with Gasteiger partial charge in [0, 0.05) is 29.9 Å². The summed E-state index contributed by atoms with van der Waals surface area (Å²) in [6, 6.07) is 5.69. The molecular formula is C13H10ClFN4O. The summed E-state index contributed by atoms with van der Waals surface area (Å²) in [5.74, 6) is -0.161. The van der Waals surface area contributed by atoms with Gasteiger partial charge in [-0.2, -0.15) is 0 Å². The number of aromatic nitrogens is 2. The number of halogens is 2. The van der Waals surface area contributed by atoms with Crippen LogP contribution in [-0.4, -0.2) is 19.9 Å². The lowest BCUT2D eigenvalue weighted by atomic mass is 10.3. The third-order valence-corrected chi connectivity index (χ3v) is 3.01. The van der Waals surface area contributed by atoms with Crippen LogP contribution in [0.5, 0.6) is 0 Å². The first-order valence-corrected chi connectivity index (χ1v) is 6.20. The zero-order chi connectivity index (χ0) is 14.1. The number of nitrogens with zero attached hydrogens (tertiary/aromatic N) is 3. The van der Waals surface area contributed by atoms with Crippen LogP contribution in [0.1, 0.15) is 16.3 Å². The standard InChI is InChI=1S/C13H10ClFN4O/c14-19-5-4-12-17-11(7-18(12)8-19)13(20)16-10-3-1-2-9(15)6-10/h1-7H,8H2,(H,16,20). The molecule has 1 amide bonds. The molecule has 0 radical (unpaired) electrons. The molecule has 1 aromatic heterocycles. The summed E-state index contributed by atoms with van der Waals surface area (Å²) in [5, 5.41) is 2.59. The SMILES string of the molecule is O=C(Nc1cccc(F)c1)c1cn2c(n1)C=CN(Cl)C2. The first-order valence-electron chi connectivity index (χ1n) is 5.86. The van der Waals surface area contributed by atoms with Crippen molar-refractivity contribution >= 4 is 29.4 Å². The Morgan fingerprint density at radius 1 is 1.45 bits per heavy atom. The van der Waals surface area contributed by atoms with Crippen LogP contribution < -0.4 is 5.32 Å². The molecule has 1 N–H and O–H groups in total. The van der Waals surface area contributed by atoms with Crippen molar-refractivity contribution in [2.45, 2.75) is 6.67 Å². The Labute approximate surface area is 119 Å². The van der Waals surface area contributed by atoms with Gasteiger partial charge in [-0.1, -0.05) is 6.07 Å². The molecule has 2 heterocycles. The van der Waals surface area contributed by atoms with E-state index in [1.54, 1.807) is 29.1 Å². The van der Waals surface area contributed by atoms with Crippen molar-refractivity contribution in [3.63, 3.8) is 0 Å². The van der Waals surface area contributed by atoms with Crippen LogP contribution in [0.2, 0.25) is 0 Å². The highest BCUT2D eigenvalue weighted by Gasteiger charge is 2.16. The topological polar surface area (TPSA) is 50.2 Å². The summed E-state index contributed by atoms with van der Waals surface area (Å²) in [6.45, 7) is 0.410. The largest absolute Gasteiger partial charge is 0.321 e. The monoisotopic (exact) mass is 292 g/mol. The molecule has 0 fully saturated rings. The Bertz CT molecular complexity index is 697. The number of nitrogens with one attached hydrogen (secondary N) is 1. The molecule has 3 rings (SSSR count). The maximum Gasteiger partial charge on any atom is 0.275 e. The van der Waals surface area contributed by atoms with E-state index in [1.165, 1.54) is 22.6 Å². The van der Waals surface area contributed by atoms with Crippen molar-refractivity contribution in [3.05, 3.63) is 54.0 Å². The highest BCUT2D eigenvalue weighted by atomic mass is 35.5. The fraction of sp³-hybridized carbons (Fsp3) is 0.0769. The number of imidazole rings is 1. The predicted molar refractivity (Wildman–Crippen MR) is 73.3 cm³/mol. The van der Waals surface area contributed by atoms with E-state index < -0.39 is 11.7 Å². The number of amides is 1. The van der Waals surface area contributed by atoms with Gasteiger partial charge in [0.1, 0.15) is 24.0 Å². The van der Waals surface area contributed by atoms with Gasteiger partial charge >= 0.3 is 0 Å². The molecule has 0 saturated carbocycles. The number of rotatable bonds is 2. The molecule has 0 bridgehead atoms. The molecule has 0 unspecified atom stereocenters. The third kappa shape index (κ3) is 2.50. The van der Waals surface area contributed by atoms with E-state index in [9.17, 15) is 9.18 Å². The van der Waals surface area contributed by atoms with Gasteiger partial charge in [-0.15, -0.1) is 0 Å². The van der Waals surface area contributed by atoms with E-state index in [-0.39, 0.29) is 5.69 Å². The van der Waals surface area contributed by atoms with E-state index in [1.807, 2.05) is 0 Å². The van der Waals surface area contributed by atoms with Gasteiger partial charge in [0.05, 0.1) is 0 Å². The van der Waals surface area contributed by atoms with Crippen LogP contribution in [0.25, 0.3) is 6.08 Å². The first kappa shape index (κ1) is 12.7. The molecular weight excluding hydrogens is 283 g/mol. The normalized spacial score (nSPS) is 13.2. The number of carbonyl (C=O) groups is 1. The molecule has 102 valence electrons. The van der Waals surface area contributed by atoms with E-state index in [0.717, 1.165) is 0 Å². The molecule has 1 aromatic carbocycles. The average Bonchev–Trinajstić information content (AvgIpc) is 2.81. The highest BCUT2D eigenvalue weighted by molar-refractivity contribution is 6.14. The second kappa shape index (κ2) is 4.97. The lowest BCUT2D eigenvalue weighted by Gasteiger charge is -2.16. The second-order valence-corrected chi connectivity index (χ2v) is 4.71. The number of hydrogen-bond donors (Lipinski definition) is 1. The summed E-state index contributed by atoms with van der Waals surface area (Å²) < 4.78 is 16.2. The zero-order valence-corrected chi connectivity index (χ0v) is 11.0. The van der Waals surface area contributed by atoms with Crippen LogP contribution in [0.15, 0.2) is 36.7 Å². The van der Waals surface area contributed by atoms with Crippen molar-refractivity contribution in [2.24, 2.45) is 0 Å². The van der Waals surface area contributed by atoms with Gasteiger partial charge in [-0.05, 0) is 24.3 Å². The molecule has 0 saturated heterocycles. The molecule has 1 aliphatic rings. The van der Waals surface area contributed by atoms with Gasteiger partial charge in [-0.3, -0.25) is 9.21 Å². The maximum atomic E-state index is 13.0. The molecule has 7 heteroatoms. The van der Waals surface area contributed by atoms with E-state index >= 15 is 0 Å². The summed E-state index contributed by atoms with van der Waals surface area (Å²) >= 11 is 5.84. The lowest BCUT2D eigenvalue weighted by molar-refractivity contribution is 0.102. The zero-order valence-electron chi connectivity index (χ0n) is 10.3. The van der Waals surface area contributed by atoms with Crippen LogP contribution in [0.3, 0.4) is 0 Å². The average molecular weight is 293 g/mol. The Balaban J connectivity index is 1.80. The predicted octanol–water partition coefficient (Wildman–Crippen LogP) is 2.67. The molecule has 1 aliphatic heterocycles. The smallest absolute Gasteiger partial charge is 0.275 e. The highest BCUT2D eigenvalue weighted by Crippen LogP contribution is 2.16. The molecule has 0 atom stereocenters. The third-order valence-electron chi connectivity index (χ3n) is 2.80. The number of hydrogen-bond acceptors (Lipinski definition) is 3. The minimum Gasteiger partial charge on any atom is -0.321 e. The molecule has 20 heavy (non-hydrogen) atoms. The van der Waals surface area contributed by atoms with Gasteiger partial charge in [-0.25, -0.2) is 9.37 Å². The Kier molecular flexibility index (Phi) is 3.15. The van der Waals surface area contributed by atoms with E-state index in [2.05, 4.69) is 10.3 Å². The summed E-state index contributed by atoms with van der Waals surface area (Å²) in [7, 11) is 0. The van der Waals surface area contributed by atoms with Gasteiger partial charge < -0.3 is 9.88 Å². The molecule has 5 nitrogen and oxygen atoms in total. The molecule has 2 aromatic rings. The van der Waals surface area contributed by atoms with E-state index in [4.69, 9.17) is 11.8 Å². The number of fused-ring (bicyclic) bond motifs is 1. The van der Waals surface area contributed by atoms with Gasteiger partial charge in [0.25, 0.3) is 5.91 Å². The molecule has 0 aliphatic carbocycles. The second-order valence-electron chi connectivity index (χ2n) is 4.28. The van der Waals surface area contributed by atoms with Crippen LogP contribution in [0, 0.1) is 5.82 Å². The van der Waals surface area contributed by atoms with Crippen LogP contribution >= 0.6 is 11.8 Å². The first-order chi connectivity index (χ1) is 9.61. The van der Waals surface area contributed by atoms with Crippen molar-refractivity contribution < 1.29 is 9.18 Å². The summed E-state index contributed by atoms with van der Waals surface area (Å²) in [4.78, 5) is 16.2. The Morgan fingerprint density at radius 3 is 3.10 bits per heavy atom. The van der Waals surface area contributed by atoms with Gasteiger partial charge in [0.15, 0.2) is 0 Å². The van der Waals surface area contributed by atoms with Crippen molar-refractivity contribution in [1.29, 1.82) is 0 Å². The number of anilines is 1. The van der Waals surface area contributed by atoms with Crippen molar-refractivity contribution in [2.75, 3.05) is 5.32 Å². The fourth-order valence-corrected chi connectivity index (χ4v) is 2.06. The van der Waals surface area contributed by atoms with Crippen molar-refractivity contribution in [1.82, 2.24) is 14.0 Å². The minimum absolute atomic E-state index is 0.251. The molecule has 0 spiro atoms. The quantitative estimate of drug-likeness (QED) is 0.866. The van der Waals surface area contributed by atoms with Crippen molar-refractivity contribution in [3.8, 4) is 0 Å². The van der Waals surface area contributed by atoms with Crippen LogP contribution in [0.4, 0.5) is 10.1 Å². The van der Waals surface area contributed by atoms with Crippen LogP contribution in [-0.2, 0) is 6.67 Å². The Morgan fingerprint density at radius 2 is 2.30 bits per heavy atom. The summed E-state index contributed by atoms with van der Waals surface area (Å²) in [6.07, 6.45) is 4.97. The fourth-order valence-electron chi connectivity index (χ4n) is 1.89. The summed E-state index contributed by atoms with van der Waals surface area (Å²) in [5.41, 5.74) is 0.636. The van der Waals surface area contributed by atoms with E-state index in [0.29, 0.717) is 18.2 Å². The van der Waals surface area contributed by atoms with Gasteiger partial charge in [0.2, 0.25) is 0 Å². The Hall–Kier alpha value is -2.34. The minimum atomic E-state index is -0.410. The number of carbonyl (C=O) groups excluding carboxylic acids is 1. The maximum absolute atomic E-state index is 13.0. The number of benzene rings is 1. The lowest BCUT2D eigenvalue weighted by Crippen LogP contribution is -2.15.